The van der Waals surface area contributed by atoms with Crippen LogP contribution in [0.15, 0.2) is 41.0 Å². The number of anilines is 1. The number of rotatable bonds is 4. The van der Waals surface area contributed by atoms with E-state index >= 15 is 0 Å². The third-order valence-corrected chi connectivity index (χ3v) is 5.10. The number of hydrogen-bond donors (Lipinski definition) is 0. The van der Waals surface area contributed by atoms with E-state index in [9.17, 15) is 9.59 Å². The monoisotopic (exact) mass is 354 g/mol. The summed E-state index contributed by atoms with van der Waals surface area (Å²) in [6.45, 7) is 7.90. The van der Waals surface area contributed by atoms with Crippen LogP contribution in [0.3, 0.4) is 0 Å². The molecule has 5 nitrogen and oxygen atoms in total. The van der Waals surface area contributed by atoms with Crippen LogP contribution in [0.2, 0.25) is 0 Å². The van der Waals surface area contributed by atoms with Crippen molar-refractivity contribution in [2.45, 2.75) is 33.6 Å². The smallest absolute Gasteiger partial charge is 0.289 e. The first kappa shape index (κ1) is 18.2. The minimum Gasteiger partial charge on any atom is -0.459 e. The molecule has 5 heteroatoms. The van der Waals surface area contributed by atoms with Gasteiger partial charge >= 0.3 is 0 Å². The molecule has 2 heterocycles. The molecular weight excluding hydrogens is 328 g/mol. The Kier molecular flexibility index (Phi) is 5.45. The number of aryl methyl sites for hydroxylation is 2. The van der Waals surface area contributed by atoms with E-state index in [2.05, 4.69) is 18.2 Å². The molecule has 1 fully saturated rings. The quantitative estimate of drug-likeness (QED) is 0.839. The molecule has 3 rings (SSSR count). The molecule has 1 aromatic heterocycles. The van der Waals surface area contributed by atoms with Crippen molar-refractivity contribution in [3.8, 4) is 0 Å². The average molecular weight is 354 g/mol. The Balaban J connectivity index is 1.67. The van der Waals surface area contributed by atoms with Crippen molar-refractivity contribution in [3.05, 3.63) is 53.5 Å². The van der Waals surface area contributed by atoms with Gasteiger partial charge in [0, 0.05) is 31.2 Å². The van der Waals surface area contributed by atoms with Gasteiger partial charge in [0.05, 0.1) is 6.26 Å². The first-order valence-corrected chi connectivity index (χ1v) is 9.22. The van der Waals surface area contributed by atoms with Crippen molar-refractivity contribution < 1.29 is 14.0 Å². The Morgan fingerprint density at radius 1 is 1.19 bits per heavy atom. The molecule has 26 heavy (non-hydrogen) atoms. The molecule has 0 radical (unpaired) electrons. The summed E-state index contributed by atoms with van der Waals surface area (Å²) in [5.74, 6) is 0.380. The lowest BCUT2D eigenvalue weighted by atomic mass is 9.94. The van der Waals surface area contributed by atoms with E-state index in [-0.39, 0.29) is 17.7 Å². The fourth-order valence-electron chi connectivity index (χ4n) is 3.56. The van der Waals surface area contributed by atoms with Crippen LogP contribution in [0.5, 0.6) is 0 Å². The molecule has 2 aromatic rings. The maximum atomic E-state index is 13.1. The highest BCUT2D eigenvalue weighted by Crippen LogP contribution is 2.27. The number of likely N-dealkylation sites (tertiary alicyclic amines) is 1. The van der Waals surface area contributed by atoms with Gasteiger partial charge in [-0.25, -0.2) is 0 Å². The predicted molar refractivity (Wildman–Crippen MR) is 101 cm³/mol. The molecule has 1 aliphatic heterocycles. The SMILES string of the molecule is CCN(C(=O)C1CCN(C(=O)c2ccco2)CC1)c1cc(C)ccc1C. The molecule has 0 bridgehead atoms. The number of furan rings is 1. The first-order valence-electron chi connectivity index (χ1n) is 9.22. The summed E-state index contributed by atoms with van der Waals surface area (Å²) in [6.07, 6.45) is 2.88. The van der Waals surface area contributed by atoms with Crippen LogP contribution < -0.4 is 4.90 Å². The second kappa shape index (κ2) is 7.77. The molecule has 0 spiro atoms. The zero-order valence-corrected chi connectivity index (χ0v) is 15.7. The standard InChI is InChI=1S/C21H26N2O3/c1-4-23(18-14-15(2)7-8-16(18)3)20(24)17-9-11-22(12-10-17)21(25)19-6-5-13-26-19/h5-8,13-14,17H,4,9-12H2,1-3H3. The van der Waals surface area contributed by atoms with E-state index in [0.29, 0.717) is 38.2 Å². The fraction of sp³-hybridized carbons (Fsp3) is 0.429. The van der Waals surface area contributed by atoms with E-state index in [4.69, 9.17) is 4.42 Å². The van der Waals surface area contributed by atoms with Gasteiger partial charge in [0.15, 0.2) is 5.76 Å². The van der Waals surface area contributed by atoms with E-state index < -0.39 is 0 Å². The van der Waals surface area contributed by atoms with Crippen LogP contribution >= 0.6 is 0 Å². The summed E-state index contributed by atoms with van der Waals surface area (Å²) in [5.41, 5.74) is 3.25. The molecule has 1 aromatic carbocycles. The van der Waals surface area contributed by atoms with E-state index in [1.54, 1.807) is 17.0 Å². The van der Waals surface area contributed by atoms with Crippen molar-refractivity contribution in [2.24, 2.45) is 5.92 Å². The lowest BCUT2D eigenvalue weighted by Crippen LogP contribution is -2.44. The normalized spacial score (nSPS) is 15.1. The van der Waals surface area contributed by atoms with Crippen LogP contribution in [0.1, 0.15) is 41.4 Å². The minimum atomic E-state index is -0.0947. The molecule has 0 saturated carbocycles. The lowest BCUT2D eigenvalue weighted by Gasteiger charge is -2.34. The van der Waals surface area contributed by atoms with Gasteiger partial charge in [-0.1, -0.05) is 12.1 Å². The number of hydrogen-bond acceptors (Lipinski definition) is 3. The Morgan fingerprint density at radius 2 is 1.92 bits per heavy atom. The van der Waals surface area contributed by atoms with Crippen molar-refractivity contribution >= 4 is 17.5 Å². The average Bonchev–Trinajstić information content (AvgIpc) is 3.19. The Hall–Kier alpha value is -2.56. The highest BCUT2D eigenvalue weighted by atomic mass is 16.3. The van der Waals surface area contributed by atoms with Gasteiger partial charge in [-0.15, -0.1) is 0 Å². The van der Waals surface area contributed by atoms with E-state index in [1.165, 1.54) is 6.26 Å². The highest BCUT2D eigenvalue weighted by Gasteiger charge is 2.31. The molecule has 0 atom stereocenters. The molecular formula is C21H26N2O3. The Labute approximate surface area is 154 Å². The van der Waals surface area contributed by atoms with Crippen LogP contribution in [-0.4, -0.2) is 36.3 Å². The van der Waals surface area contributed by atoms with Crippen molar-refractivity contribution in [3.63, 3.8) is 0 Å². The molecule has 0 aliphatic carbocycles. The maximum absolute atomic E-state index is 13.1. The molecule has 1 saturated heterocycles. The summed E-state index contributed by atoms with van der Waals surface area (Å²) in [7, 11) is 0. The van der Waals surface area contributed by atoms with Crippen molar-refractivity contribution in [2.75, 3.05) is 24.5 Å². The van der Waals surface area contributed by atoms with Gasteiger partial charge in [-0.3, -0.25) is 9.59 Å². The summed E-state index contributed by atoms with van der Waals surface area (Å²) in [5, 5.41) is 0. The minimum absolute atomic E-state index is 0.0458. The van der Waals surface area contributed by atoms with E-state index in [1.807, 2.05) is 25.7 Å². The second-order valence-corrected chi connectivity index (χ2v) is 6.92. The number of amides is 2. The Bertz CT molecular complexity index is 775. The zero-order chi connectivity index (χ0) is 18.7. The number of carbonyl (C=O) groups is 2. The molecule has 2 amide bonds. The number of piperidine rings is 1. The van der Waals surface area contributed by atoms with Crippen LogP contribution in [0, 0.1) is 19.8 Å². The second-order valence-electron chi connectivity index (χ2n) is 6.92. The summed E-state index contributed by atoms with van der Waals surface area (Å²) in [6, 6.07) is 9.60. The lowest BCUT2D eigenvalue weighted by molar-refractivity contribution is -0.123. The maximum Gasteiger partial charge on any atom is 0.289 e. The Morgan fingerprint density at radius 3 is 2.54 bits per heavy atom. The zero-order valence-electron chi connectivity index (χ0n) is 15.7. The van der Waals surface area contributed by atoms with Gasteiger partial charge in [-0.2, -0.15) is 0 Å². The summed E-state index contributed by atoms with van der Waals surface area (Å²) < 4.78 is 5.19. The van der Waals surface area contributed by atoms with Gasteiger partial charge in [0.2, 0.25) is 5.91 Å². The highest BCUT2D eigenvalue weighted by molar-refractivity contribution is 5.96. The van der Waals surface area contributed by atoms with Crippen molar-refractivity contribution in [1.82, 2.24) is 4.90 Å². The predicted octanol–water partition coefficient (Wildman–Crippen LogP) is 3.80. The number of benzene rings is 1. The van der Waals surface area contributed by atoms with E-state index in [0.717, 1.165) is 16.8 Å². The molecule has 138 valence electrons. The summed E-state index contributed by atoms with van der Waals surface area (Å²) in [4.78, 5) is 29.1. The molecule has 1 aliphatic rings. The largest absolute Gasteiger partial charge is 0.459 e. The third kappa shape index (κ3) is 3.66. The third-order valence-electron chi connectivity index (χ3n) is 5.10. The first-order chi connectivity index (χ1) is 12.5. The van der Waals surface area contributed by atoms with Crippen LogP contribution in [0.4, 0.5) is 5.69 Å². The number of carbonyl (C=O) groups excluding carboxylic acids is 2. The van der Waals surface area contributed by atoms with Crippen LogP contribution in [0.25, 0.3) is 0 Å². The van der Waals surface area contributed by atoms with Crippen LogP contribution in [-0.2, 0) is 4.79 Å². The number of nitrogens with zero attached hydrogens (tertiary/aromatic N) is 2. The fourth-order valence-corrected chi connectivity index (χ4v) is 3.56. The molecule has 0 N–H and O–H groups in total. The van der Waals surface area contributed by atoms with Crippen molar-refractivity contribution in [1.29, 1.82) is 0 Å². The van der Waals surface area contributed by atoms with Gasteiger partial charge in [-0.05, 0) is 62.9 Å². The van der Waals surface area contributed by atoms with Gasteiger partial charge in [0.25, 0.3) is 5.91 Å². The van der Waals surface area contributed by atoms with Gasteiger partial charge < -0.3 is 14.2 Å². The van der Waals surface area contributed by atoms with Gasteiger partial charge in [0.1, 0.15) is 0 Å². The molecule has 0 unspecified atom stereocenters. The topological polar surface area (TPSA) is 53.8 Å². The summed E-state index contributed by atoms with van der Waals surface area (Å²) >= 11 is 0.